The molecule has 156 valence electrons. The molecule has 2 aromatic rings. The molecule has 0 spiro atoms. The van der Waals surface area contributed by atoms with Gasteiger partial charge in [-0.05, 0) is 24.6 Å². The number of amides is 1. The normalized spacial score (nSPS) is 15.7. The van der Waals surface area contributed by atoms with Gasteiger partial charge in [0, 0.05) is 32.9 Å². The molecule has 1 aromatic heterocycles. The Morgan fingerprint density at radius 1 is 1.34 bits per heavy atom. The van der Waals surface area contributed by atoms with Crippen molar-refractivity contribution in [2.45, 2.75) is 18.4 Å². The number of rotatable bonds is 5. The van der Waals surface area contributed by atoms with Gasteiger partial charge in [0.2, 0.25) is 15.9 Å². The Labute approximate surface area is 170 Å². The summed E-state index contributed by atoms with van der Waals surface area (Å²) in [5.74, 6) is 0.568. The molecule has 3 rings (SSSR count). The topological polar surface area (TPSA) is 126 Å². The summed E-state index contributed by atoms with van der Waals surface area (Å²) in [5.41, 5.74) is 1.49. The Hall–Kier alpha value is -2.92. The molecule has 0 atom stereocenters. The van der Waals surface area contributed by atoms with E-state index < -0.39 is 10.0 Å². The Balaban J connectivity index is 1.72. The minimum Gasteiger partial charge on any atom is -0.356 e. The van der Waals surface area contributed by atoms with Crippen LogP contribution in [-0.4, -0.2) is 61.1 Å². The van der Waals surface area contributed by atoms with E-state index in [0.717, 1.165) is 5.69 Å². The van der Waals surface area contributed by atoms with Crippen LogP contribution in [0, 0.1) is 0 Å². The van der Waals surface area contributed by atoms with Crippen LogP contribution < -0.4 is 15.4 Å². The summed E-state index contributed by atoms with van der Waals surface area (Å²) in [6, 6.07) is 6.37. The summed E-state index contributed by atoms with van der Waals surface area (Å²) >= 11 is 0. The molecule has 0 aliphatic carbocycles. The minimum absolute atomic E-state index is 0.0360. The maximum Gasteiger partial charge on any atom is 0.246 e. The third-order valence-electron chi connectivity index (χ3n) is 4.50. The maximum atomic E-state index is 12.6. The number of carbonyl (C=O) groups is 1. The maximum absolute atomic E-state index is 12.6. The number of sulfonamides is 1. The first-order valence-corrected chi connectivity index (χ1v) is 10.8. The zero-order valence-electron chi connectivity index (χ0n) is 16.4. The molecule has 1 aliphatic heterocycles. The van der Waals surface area contributed by atoms with Crippen molar-refractivity contribution in [3.63, 3.8) is 0 Å². The predicted octanol–water partition coefficient (Wildman–Crippen LogP) is -0.118. The van der Waals surface area contributed by atoms with Gasteiger partial charge in [0.05, 0.1) is 23.3 Å². The number of guanidine groups is 1. The lowest BCUT2D eigenvalue weighted by molar-refractivity contribution is -0.120. The molecule has 1 amide bonds. The molecule has 0 bridgehead atoms. The molecule has 11 heteroatoms. The van der Waals surface area contributed by atoms with E-state index in [1.807, 2.05) is 25.1 Å². The van der Waals surface area contributed by atoms with E-state index in [-0.39, 0.29) is 23.9 Å². The first kappa shape index (κ1) is 20.8. The number of carbonyl (C=O) groups excluding carboxylic acids is 1. The van der Waals surface area contributed by atoms with Gasteiger partial charge < -0.3 is 15.1 Å². The number of nitrogens with zero attached hydrogens (tertiary/aromatic N) is 5. The van der Waals surface area contributed by atoms with Crippen molar-refractivity contribution in [3.8, 4) is 0 Å². The highest BCUT2D eigenvalue weighted by Crippen LogP contribution is 2.16. The first-order valence-electron chi connectivity index (χ1n) is 9.22. The second-order valence-corrected chi connectivity index (χ2v) is 8.26. The first-order chi connectivity index (χ1) is 13.8. The Morgan fingerprint density at radius 2 is 2.14 bits per heavy atom. The Morgan fingerprint density at radius 3 is 2.76 bits per heavy atom. The molecule has 29 heavy (non-hydrogen) atoms. The zero-order chi connectivity index (χ0) is 21.0. The number of anilines is 1. The highest BCUT2D eigenvalue weighted by Gasteiger charge is 2.27. The van der Waals surface area contributed by atoms with Gasteiger partial charge in [-0.3, -0.25) is 9.48 Å². The number of primary sulfonamides is 1. The quantitative estimate of drug-likeness (QED) is 0.514. The molecule has 0 unspecified atom stereocenters. The van der Waals surface area contributed by atoms with Crippen LogP contribution in [0.3, 0.4) is 0 Å². The molecule has 1 aliphatic rings. The van der Waals surface area contributed by atoms with Gasteiger partial charge in [0.15, 0.2) is 5.96 Å². The number of piperazine rings is 1. The monoisotopic (exact) mass is 419 g/mol. The minimum atomic E-state index is -3.76. The van der Waals surface area contributed by atoms with Gasteiger partial charge in [-0.25, -0.2) is 18.5 Å². The van der Waals surface area contributed by atoms with Crippen molar-refractivity contribution in [2.24, 2.45) is 17.2 Å². The Bertz CT molecular complexity index is 1020. The molecule has 1 aromatic carbocycles. The molecule has 1 fully saturated rings. The second kappa shape index (κ2) is 8.62. The van der Waals surface area contributed by atoms with E-state index in [1.54, 1.807) is 27.9 Å². The molecule has 0 radical (unpaired) electrons. The lowest BCUT2D eigenvalue weighted by Gasteiger charge is -2.35. The fraction of sp³-hybridized carbons (Fsp3) is 0.389. The van der Waals surface area contributed by atoms with Crippen molar-refractivity contribution in [2.75, 3.05) is 31.1 Å². The van der Waals surface area contributed by atoms with Gasteiger partial charge in [-0.1, -0.05) is 12.1 Å². The van der Waals surface area contributed by atoms with E-state index in [2.05, 4.69) is 15.4 Å². The summed E-state index contributed by atoms with van der Waals surface area (Å²) in [6.45, 7) is 4.19. The fourth-order valence-corrected chi connectivity index (χ4v) is 3.67. The second-order valence-electron chi connectivity index (χ2n) is 6.70. The van der Waals surface area contributed by atoms with Crippen LogP contribution in [0.2, 0.25) is 0 Å². The number of aromatic nitrogens is 2. The number of nitrogens with two attached hydrogens (primary N) is 1. The number of hydrogen-bond donors (Lipinski definition) is 2. The van der Waals surface area contributed by atoms with Crippen LogP contribution in [0.1, 0.15) is 12.5 Å². The van der Waals surface area contributed by atoms with Crippen LogP contribution in [0.5, 0.6) is 0 Å². The number of aliphatic imine (C=N–C) groups is 1. The van der Waals surface area contributed by atoms with Gasteiger partial charge in [0.25, 0.3) is 0 Å². The predicted molar refractivity (Wildman–Crippen MR) is 110 cm³/mol. The summed E-state index contributed by atoms with van der Waals surface area (Å²) in [4.78, 5) is 20.9. The molecule has 2 heterocycles. The van der Waals surface area contributed by atoms with Crippen LogP contribution in [0.4, 0.5) is 5.69 Å². The average Bonchev–Trinajstić information content (AvgIpc) is 3.10. The lowest BCUT2D eigenvalue weighted by atomic mass is 10.2. The van der Waals surface area contributed by atoms with Crippen molar-refractivity contribution < 1.29 is 13.2 Å². The summed E-state index contributed by atoms with van der Waals surface area (Å²) in [7, 11) is -1.95. The third-order valence-corrected chi connectivity index (χ3v) is 5.41. The van der Waals surface area contributed by atoms with Gasteiger partial charge in [-0.15, -0.1) is 0 Å². The number of hydrogen-bond acceptors (Lipinski definition) is 5. The largest absolute Gasteiger partial charge is 0.356 e. The van der Waals surface area contributed by atoms with Gasteiger partial charge >= 0.3 is 0 Å². The summed E-state index contributed by atoms with van der Waals surface area (Å²) in [6.07, 6.45) is 3.48. The summed E-state index contributed by atoms with van der Waals surface area (Å²) < 4.78 is 24.7. The third kappa shape index (κ3) is 5.12. The molecular formula is C18H25N7O3S. The molecule has 0 saturated carbocycles. The van der Waals surface area contributed by atoms with E-state index in [0.29, 0.717) is 31.2 Å². The number of aryl methyl sites for hydroxylation is 1. The van der Waals surface area contributed by atoms with Gasteiger partial charge in [-0.2, -0.15) is 5.10 Å². The summed E-state index contributed by atoms with van der Waals surface area (Å²) in [5, 5.41) is 12.5. The van der Waals surface area contributed by atoms with E-state index in [1.165, 1.54) is 12.1 Å². The molecular weight excluding hydrogens is 394 g/mol. The van der Waals surface area contributed by atoms with Crippen LogP contribution in [-0.2, 0) is 28.4 Å². The molecule has 10 nitrogen and oxygen atoms in total. The van der Waals surface area contributed by atoms with Crippen LogP contribution >= 0.6 is 0 Å². The SMILES string of the molecule is CCNC(=NCc1cccc(S(N)(=O)=O)c1)N1CCN(c2cnn(C)c2)C(=O)C1. The lowest BCUT2D eigenvalue weighted by Crippen LogP contribution is -2.55. The van der Waals surface area contributed by atoms with Crippen molar-refractivity contribution >= 4 is 27.6 Å². The van der Waals surface area contributed by atoms with E-state index >= 15 is 0 Å². The van der Waals surface area contributed by atoms with E-state index in [4.69, 9.17) is 5.14 Å². The van der Waals surface area contributed by atoms with Crippen LogP contribution in [0.15, 0.2) is 46.5 Å². The van der Waals surface area contributed by atoms with Crippen molar-refractivity contribution in [1.29, 1.82) is 0 Å². The zero-order valence-corrected chi connectivity index (χ0v) is 17.3. The average molecular weight is 420 g/mol. The highest BCUT2D eigenvalue weighted by molar-refractivity contribution is 7.89. The van der Waals surface area contributed by atoms with E-state index in [9.17, 15) is 13.2 Å². The number of benzene rings is 1. The van der Waals surface area contributed by atoms with Crippen molar-refractivity contribution in [3.05, 3.63) is 42.2 Å². The Kier molecular flexibility index (Phi) is 6.18. The molecule has 1 saturated heterocycles. The standard InChI is InChI=1S/C18H25N7O3S/c1-3-20-18(21-10-14-5-4-6-16(9-14)29(19,27)28)24-7-8-25(17(26)13-24)15-11-22-23(2)12-15/h4-6,9,11-12H,3,7-8,10,13H2,1-2H3,(H,20,21)(H2,19,27,28). The van der Waals surface area contributed by atoms with Crippen molar-refractivity contribution in [1.82, 2.24) is 20.0 Å². The van der Waals surface area contributed by atoms with Crippen LogP contribution in [0.25, 0.3) is 0 Å². The molecule has 3 N–H and O–H groups in total. The fourth-order valence-electron chi connectivity index (χ4n) is 3.09. The smallest absolute Gasteiger partial charge is 0.246 e. The highest BCUT2D eigenvalue weighted by atomic mass is 32.2. The number of nitrogens with one attached hydrogen (secondary N) is 1. The van der Waals surface area contributed by atoms with Gasteiger partial charge in [0.1, 0.15) is 6.54 Å².